The maximum absolute atomic E-state index is 4.49. The first-order chi connectivity index (χ1) is 7.75. The molecule has 0 saturated heterocycles. The molecule has 0 saturated carbocycles. The van der Waals surface area contributed by atoms with Gasteiger partial charge in [-0.2, -0.15) is 0 Å². The van der Waals surface area contributed by atoms with E-state index in [0.29, 0.717) is 0 Å². The fourth-order valence-corrected chi connectivity index (χ4v) is 2.39. The summed E-state index contributed by atoms with van der Waals surface area (Å²) in [4.78, 5) is 4.49. The van der Waals surface area contributed by atoms with Crippen LogP contribution in [-0.4, -0.2) is 9.55 Å². The van der Waals surface area contributed by atoms with Crippen LogP contribution in [0.1, 0.15) is 23.4 Å². The van der Waals surface area contributed by atoms with Crippen LogP contribution in [0.5, 0.6) is 0 Å². The maximum Gasteiger partial charge on any atom is 0.109 e. The van der Waals surface area contributed by atoms with Gasteiger partial charge < -0.3 is 4.57 Å². The SMILES string of the molecule is Cc1ccc(-c2cnc3n2CCC3)cc1C. The van der Waals surface area contributed by atoms with Gasteiger partial charge in [-0.3, -0.25) is 0 Å². The molecule has 1 aliphatic rings. The van der Waals surface area contributed by atoms with Crippen molar-refractivity contribution in [2.45, 2.75) is 33.2 Å². The number of aryl methyl sites for hydroxylation is 3. The summed E-state index contributed by atoms with van der Waals surface area (Å²) in [7, 11) is 0. The molecule has 3 rings (SSSR count). The van der Waals surface area contributed by atoms with E-state index in [2.05, 4.69) is 41.6 Å². The summed E-state index contributed by atoms with van der Waals surface area (Å²) < 4.78 is 2.35. The van der Waals surface area contributed by atoms with E-state index in [1.807, 2.05) is 6.20 Å². The summed E-state index contributed by atoms with van der Waals surface area (Å²) >= 11 is 0. The van der Waals surface area contributed by atoms with Gasteiger partial charge in [-0.15, -0.1) is 0 Å². The molecule has 1 aliphatic heterocycles. The Bertz CT molecular complexity index is 538. The summed E-state index contributed by atoms with van der Waals surface area (Å²) in [5.74, 6) is 1.24. The van der Waals surface area contributed by atoms with E-state index >= 15 is 0 Å². The first-order valence-electron chi connectivity index (χ1n) is 5.88. The number of nitrogens with zero attached hydrogens (tertiary/aromatic N) is 2. The van der Waals surface area contributed by atoms with Crippen LogP contribution < -0.4 is 0 Å². The van der Waals surface area contributed by atoms with Crippen molar-refractivity contribution in [2.24, 2.45) is 0 Å². The second kappa shape index (κ2) is 3.48. The smallest absolute Gasteiger partial charge is 0.109 e. The quantitative estimate of drug-likeness (QED) is 0.710. The standard InChI is InChI=1S/C14H16N2/c1-10-5-6-12(8-11(10)2)13-9-15-14-4-3-7-16(13)14/h5-6,8-9H,3-4,7H2,1-2H3. The van der Waals surface area contributed by atoms with E-state index in [1.54, 1.807) is 0 Å². The van der Waals surface area contributed by atoms with Gasteiger partial charge in [0, 0.05) is 18.5 Å². The number of fused-ring (bicyclic) bond motifs is 1. The lowest BCUT2D eigenvalue weighted by Crippen LogP contribution is -1.95. The van der Waals surface area contributed by atoms with Gasteiger partial charge in [0.2, 0.25) is 0 Å². The van der Waals surface area contributed by atoms with Crippen LogP contribution in [0.25, 0.3) is 11.3 Å². The summed E-state index contributed by atoms with van der Waals surface area (Å²) in [6, 6.07) is 6.66. The molecule has 2 heteroatoms. The molecule has 16 heavy (non-hydrogen) atoms. The number of hydrogen-bond donors (Lipinski definition) is 0. The highest BCUT2D eigenvalue weighted by Gasteiger charge is 2.16. The summed E-state index contributed by atoms with van der Waals surface area (Å²) in [6.07, 6.45) is 4.38. The zero-order valence-electron chi connectivity index (χ0n) is 9.83. The first-order valence-corrected chi connectivity index (χ1v) is 5.88. The molecule has 0 bridgehead atoms. The Balaban J connectivity index is 2.11. The zero-order valence-corrected chi connectivity index (χ0v) is 9.83. The topological polar surface area (TPSA) is 17.8 Å². The number of benzene rings is 1. The number of rotatable bonds is 1. The molecule has 2 aromatic rings. The average molecular weight is 212 g/mol. The van der Waals surface area contributed by atoms with Crippen molar-refractivity contribution >= 4 is 0 Å². The molecule has 1 aromatic heterocycles. The molecule has 2 heterocycles. The van der Waals surface area contributed by atoms with Gasteiger partial charge in [-0.25, -0.2) is 4.98 Å². The van der Waals surface area contributed by atoms with E-state index in [0.717, 1.165) is 13.0 Å². The maximum atomic E-state index is 4.49. The lowest BCUT2D eigenvalue weighted by Gasteiger charge is -2.07. The van der Waals surface area contributed by atoms with Crippen molar-refractivity contribution < 1.29 is 0 Å². The fourth-order valence-electron chi connectivity index (χ4n) is 2.39. The lowest BCUT2D eigenvalue weighted by atomic mass is 10.0. The molecule has 0 aliphatic carbocycles. The van der Waals surface area contributed by atoms with Crippen molar-refractivity contribution in [1.82, 2.24) is 9.55 Å². The van der Waals surface area contributed by atoms with Gasteiger partial charge >= 0.3 is 0 Å². The average Bonchev–Trinajstić information content (AvgIpc) is 2.83. The predicted molar refractivity (Wildman–Crippen MR) is 65.5 cm³/mol. The van der Waals surface area contributed by atoms with Crippen molar-refractivity contribution in [3.8, 4) is 11.3 Å². The minimum absolute atomic E-state index is 1.12. The molecule has 0 fully saturated rings. The lowest BCUT2D eigenvalue weighted by molar-refractivity contribution is 0.756. The Kier molecular flexibility index (Phi) is 2.10. The van der Waals surface area contributed by atoms with Crippen molar-refractivity contribution in [1.29, 1.82) is 0 Å². The van der Waals surface area contributed by atoms with E-state index in [9.17, 15) is 0 Å². The van der Waals surface area contributed by atoms with Crippen LogP contribution in [0, 0.1) is 13.8 Å². The van der Waals surface area contributed by atoms with E-state index in [1.165, 1.54) is 34.6 Å². The summed E-state index contributed by atoms with van der Waals surface area (Å²) in [6.45, 7) is 5.44. The van der Waals surface area contributed by atoms with Crippen molar-refractivity contribution in [3.63, 3.8) is 0 Å². The predicted octanol–water partition coefficient (Wildman–Crippen LogP) is 3.11. The van der Waals surface area contributed by atoms with Crippen LogP contribution in [0.4, 0.5) is 0 Å². The number of aromatic nitrogens is 2. The molecular formula is C14H16N2. The molecule has 0 atom stereocenters. The normalized spacial score (nSPS) is 14.1. The van der Waals surface area contributed by atoms with E-state index in [4.69, 9.17) is 0 Å². The Hall–Kier alpha value is -1.57. The molecule has 0 N–H and O–H groups in total. The van der Waals surface area contributed by atoms with Crippen LogP contribution in [0.3, 0.4) is 0 Å². The Labute approximate surface area is 95.9 Å². The highest BCUT2D eigenvalue weighted by Crippen LogP contribution is 2.26. The van der Waals surface area contributed by atoms with Crippen LogP contribution >= 0.6 is 0 Å². The highest BCUT2D eigenvalue weighted by molar-refractivity contribution is 5.61. The second-order valence-electron chi connectivity index (χ2n) is 4.61. The Morgan fingerprint density at radius 3 is 2.88 bits per heavy atom. The number of hydrogen-bond acceptors (Lipinski definition) is 1. The fraction of sp³-hybridized carbons (Fsp3) is 0.357. The van der Waals surface area contributed by atoms with Crippen LogP contribution in [0.2, 0.25) is 0 Å². The Morgan fingerprint density at radius 1 is 1.19 bits per heavy atom. The molecule has 2 nitrogen and oxygen atoms in total. The van der Waals surface area contributed by atoms with Gasteiger partial charge in [-0.1, -0.05) is 12.1 Å². The molecule has 1 aromatic carbocycles. The third-order valence-corrected chi connectivity index (χ3v) is 3.52. The number of imidazole rings is 1. The van der Waals surface area contributed by atoms with Gasteiger partial charge in [0.1, 0.15) is 5.82 Å². The molecule has 0 radical (unpaired) electrons. The minimum atomic E-state index is 1.12. The minimum Gasteiger partial charge on any atom is -0.328 e. The van der Waals surface area contributed by atoms with Gasteiger partial charge in [0.15, 0.2) is 0 Å². The van der Waals surface area contributed by atoms with Gasteiger partial charge in [0.05, 0.1) is 11.9 Å². The molecule has 82 valence electrons. The Morgan fingerprint density at radius 2 is 2.06 bits per heavy atom. The first kappa shape index (κ1) is 9.64. The monoisotopic (exact) mass is 212 g/mol. The largest absolute Gasteiger partial charge is 0.328 e. The van der Waals surface area contributed by atoms with Gasteiger partial charge in [-0.05, 0) is 37.5 Å². The second-order valence-corrected chi connectivity index (χ2v) is 4.61. The molecule has 0 unspecified atom stereocenters. The molecule has 0 amide bonds. The van der Waals surface area contributed by atoms with E-state index in [-0.39, 0.29) is 0 Å². The zero-order chi connectivity index (χ0) is 11.1. The molecular weight excluding hydrogens is 196 g/mol. The highest BCUT2D eigenvalue weighted by atomic mass is 15.1. The van der Waals surface area contributed by atoms with E-state index < -0.39 is 0 Å². The van der Waals surface area contributed by atoms with Crippen LogP contribution in [0.15, 0.2) is 24.4 Å². The van der Waals surface area contributed by atoms with Gasteiger partial charge in [0.25, 0.3) is 0 Å². The molecule has 0 spiro atoms. The third-order valence-electron chi connectivity index (χ3n) is 3.52. The van der Waals surface area contributed by atoms with Crippen molar-refractivity contribution in [2.75, 3.05) is 0 Å². The summed E-state index contributed by atoms with van der Waals surface area (Å²) in [5.41, 5.74) is 5.27. The van der Waals surface area contributed by atoms with Crippen LogP contribution in [-0.2, 0) is 13.0 Å². The van der Waals surface area contributed by atoms with Crippen molar-refractivity contribution in [3.05, 3.63) is 41.3 Å². The summed E-state index contributed by atoms with van der Waals surface area (Å²) in [5, 5.41) is 0. The third kappa shape index (κ3) is 1.37.